The summed E-state index contributed by atoms with van der Waals surface area (Å²) in [7, 11) is 1.48. The van der Waals surface area contributed by atoms with Crippen molar-refractivity contribution in [1.82, 2.24) is 9.88 Å². The van der Waals surface area contributed by atoms with Gasteiger partial charge in [-0.3, -0.25) is 0 Å². The summed E-state index contributed by atoms with van der Waals surface area (Å²) in [6.07, 6.45) is 1.97. The number of nitrogens with zero attached hydrogens (tertiary/aromatic N) is 1. The summed E-state index contributed by atoms with van der Waals surface area (Å²) < 4.78 is 21.2. The van der Waals surface area contributed by atoms with Gasteiger partial charge < -0.3 is 14.6 Å². The van der Waals surface area contributed by atoms with E-state index in [1.807, 2.05) is 29.0 Å². The Morgan fingerprint density at radius 3 is 2.75 bits per heavy atom. The molecule has 0 aliphatic heterocycles. The van der Waals surface area contributed by atoms with Crippen LogP contribution in [0, 0.1) is 5.82 Å². The highest BCUT2D eigenvalue weighted by Crippen LogP contribution is 2.21. The average Bonchev–Trinajstić information content (AvgIpc) is 2.86. The minimum absolute atomic E-state index is 0.286. The first-order valence-corrected chi connectivity index (χ1v) is 6.80. The molecule has 0 aliphatic carbocycles. The lowest BCUT2D eigenvalue weighted by Gasteiger charge is -2.13. The number of hydrogen-bond donors (Lipinski definition) is 1. The first kappa shape index (κ1) is 14.6. The summed E-state index contributed by atoms with van der Waals surface area (Å²) in [6, 6.07) is 9.69. The highest BCUT2D eigenvalue weighted by molar-refractivity contribution is 5.31. The molecule has 0 fully saturated rings. The molecule has 0 saturated heterocycles. The summed E-state index contributed by atoms with van der Waals surface area (Å²) in [4.78, 5) is 0. The fourth-order valence-electron chi connectivity index (χ4n) is 2.09. The van der Waals surface area contributed by atoms with Crippen molar-refractivity contribution >= 4 is 0 Å². The SMILES string of the molecule is COc1cccc(Cn2cccc2CNC(C)C)c1F. The highest BCUT2D eigenvalue weighted by atomic mass is 19.1. The van der Waals surface area contributed by atoms with Crippen molar-refractivity contribution in [3.8, 4) is 5.75 Å². The second kappa shape index (κ2) is 6.57. The lowest BCUT2D eigenvalue weighted by atomic mass is 10.2. The smallest absolute Gasteiger partial charge is 0.170 e. The minimum atomic E-state index is -0.286. The van der Waals surface area contributed by atoms with E-state index in [4.69, 9.17) is 4.74 Å². The molecule has 0 bridgehead atoms. The maximum atomic E-state index is 14.2. The number of hydrogen-bond acceptors (Lipinski definition) is 2. The van der Waals surface area contributed by atoms with Crippen LogP contribution in [0.2, 0.25) is 0 Å². The fraction of sp³-hybridized carbons (Fsp3) is 0.375. The van der Waals surface area contributed by atoms with Crippen LogP contribution in [0.5, 0.6) is 5.75 Å². The number of methoxy groups -OCH3 is 1. The third kappa shape index (κ3) is 3.39. The van der Waals surface area contributed by atoms with Crippen LogP contribution in [-0.2, 0) is 13.1 Å². The second-order valence-electron chi connectivity index (χ2n) is 5.10. The Kier molecular flexibility index (Phi) is 4.79. The minimum Gasteiger partial charge on any atom is -0.494 e. The van der Waals surface area contributed by atoms with E-state index in [0.717, 1.165) is 12.2 Å². The zero-order valence-electron chi connectivity index (χ0n) is 12.2. The Morgan fingerprint density at radius 2 is 2.05 bits per heavy atom. The van der Waals surface area contributed by atoms with Gasteiger partial charge in [0.2, 0.25) is 0 Å². The molecule has 4 heteroatoms. The third-order valence-electron chi connectivity index (χ3n) is 3.22. The monoisotopic (exact) mass is 276 g/mol. The Morgan fingerprint density at radius 1 is 1.25 bits per heavy atom. The zero-order valence-corrected chi connectivity index (χ0v) is 12.2. The predicted molar refractivity (Wildman–Crippen MR) is 78.5 cm³/mol. The molecule has 3 nitrogen and oxygen atoms in total. The van der Waals surface area contributed by atoms with Crippen molar-refractivity contribution in [2.75, 3.05) is 7.11 Å². The number of rotatable bonds is 6. The van der Waals surface area contributed by atoms with Gasteiger partial charge in [-0.05, 0) is 18.2 Å². The van der Waals surface area contributed by atoms with E-state index in [9.17, 15) is 4.39 Å². The van der Waals surface area contributed by atoms with Gasteiger partial charge in [-0.15, -0.1) is 0 Å². The fourth-order valence-corrected chi connectivity index (χ4v) is 2.09. The summed E-state index contributed by atoms with van der Waals surface area (Å²) in [5.41, 5.74) is 1.77. The van der Waals surface area contributed by atoms with Crippen LogP contribution < -0.4 is 10.1 Å². The van der Waals surface area contributed by atoms with Crippen LogP contribution >= 0.6 is 0 Å². The van der Waals surface area contributed by atoms with Crippen molar-refractivity contribution in [3.63, 3.8) is 0 Å². The first-order valence-electron chi connectivity index (χ1n) is 6.80. The normalized spacial score (nSPS) is 11.1. The Labute approximate surface area is 119 Å². The van der Waals surface area contributed by atoms with Gasteiger partial charge in [-0.2, -0.15) is 0 Å². The standard InChI is InChI=1S/C16H21FN2O/c1-12(2)18-10-14-7-5-9-19(14)11-13-6-4-8-15(20-3)16(13)17/h4-9,12,18H,10-11H2,1-3H3. The van der Waals surface area contributed by atoms with E-state index in [1.54, 1.807) is 12.1 Å². The van der Waals surface area contributed by atoms with Crippen molar-refractivity contribution in [2.24, 2.45) is 0 Å². The average molecular weight is 276 g/mol. The Hall–Kier alpha value is -1.81. The van der Waals surface area contributed by atoms with E-state index < -0.39 is 0 Å². The summed E-state index contributed by atoms with van der Waals surface area (Å²) >= 11 is 0. The van der Waals surface area contributed by atoms with Crippen molar-refractivity contribution < 1.29 is 9.13 Å². The van der Waals surface area contributed by atoms with E-state index >= 15 is 0 Å². The molecule has 0 aliphatic rings. The molecule has 1 heterocycles. The second-order valence-corrected chi connectivity index (χ2v) is 5.10. The lowest BCUT2D eigenvalue weighted by Crippen LogP contribution is -2.23. The molecule has 0 unspecified atom stereocenters. The number of aromatic nitrogens is 1. The van der Waals surface area contributed by atoms with Crippen molar-refractivity contribution in [1.29, 1.82) is 0 Å². The van der Waals surface area contributed by atoms with Gasteiger partial charge in [0.1, 0.15) is 0 Å². The lowest BCUT2D eigenvalue weighted by molar-refractivity contribution is 0.383. The molecule has 108 valence electrons. The van der Waals surface area contributed by atoms with Gasteiger partial charge in [0, 0.05) is 30.0 Å². The molecule has 0 spiro atoms. The predicted octanol–water partition coefficient (Wildman–Crippen LogP) is 3.18. The van der Waals surface area contributed by atoms with Gasteiger partial charge in [0.25, 0.3) is 0 Å². The van der Waals surface area contributed by atoms with E-state index in [-0.39, 0.29) is 11.6 Å². The molecule has 20 heavy (non-hydrogen) atoms. The number of halogens is 1. The van der Waals surface area contributed by atoms with Crippen LogP contribution in [0.4, 0.5) is 4.39 Å². The summed E-state index contributed by atoms with van der Waals surface area (Å²) in [5.74, 6) is 0.00276. The molecule has 1 aromatic heterocycles. The molecule has 2 rings (SSSR count). The molecule has 2 aromatic rings. The first-order chi connectivity index (χ1) is 9.61. The van der Waals surface area contributed by atoms with Crippen LogP contribution in [0.3, 0.4) is 0 Å². The van der Waals surface area contributed by atoms with Crippen LogP contribution in [-0.4, -0.2) is 17.7 Å². The van der Waals surface area contributed by atoms with E-state index in [0.29, 0.717) is 18.2 Å². The van der Waals surface area contributed by atoms with Gasteiger partial charge in [-0.25, -0.2) is 4.39 Å². The maximum absolute atomic E-state index is 14.2. The van der Waals surface area contributed by atoms with E-state index in [1.165, 1.54) is 7.11 Å². The van der Waals surface area contributed by atoms with Crippen molar-refractivity contribution in [3.05, 3.63) is 53.6 Å². The maximum Gasteiger partial charge on any atom is 0.170 e. The molecular formula is C16H21FN2O. The quantitative estimate of drug-likeness (QED) is 0.877. The number of ether oxygens (including phenoxy) is 1. The van der Waals surface area contributed by atoms with Crippen molar-refractivity contribution in [2.45, 2.75) is 33.0 Å². The Bertz CT molecular complexity index is 563. The summed E-state index contributed by atoms with van der Waals surface area (Å²) in [6.45, 7) is 5.49. The molecule has 1 N–H and O–H groups in total. The zero-order chi connectivity index (χ0) is 14.5. The van der Waals surface area contributed by atoms with Crippen LogP contribution in [0.15, 0.2) is 36.5 Å². The third-order valence-corrected chi connectivity index (χ3v) is 3.22. The largest absolute Gasteiger partial charge is 0.494 e. The summed E-state index contributed by atoms with van der Waals surface area (Å²) in [5, 5.41) is 3.37. The topological polar surface area (TPSA) is 26.2 Å². The number of nitrogens with one attached hydrogen (secondary N) is 1. The van der Waals surface area contributed by atoms with E-state index in [2.05, 4.69) is 19.2 Å². The molecule has 0 radical (unpaired) electrons. The highest BCUT2D eigenvalue weighted by Gasteiger charge is 2.10. The van der Waals surface area contributed by atoms with Gasteiger partial charge >= 0.3 is 0 Å². The van der Waals surface area contributed by atoms with Crippen LogP contribution in [0.1, 0.15) is 25.1 Å². The molecule has 0 atom stereocenters. The van der Waals surface area contributed by atoms with Gasteiger partial charge in [0.15, 0.2) is 11.6 Å². The van der Waals surface area contributed by atoms with Gasteiger partial charge in [0.05, 0.1) is 13.7 Å². The number of benzene rings is 1. The molecule has 0 amide bonds. The Balaban J connectivity index is 2.16. The van der Waals surface area contributed by atoms with Gasteiger partial charge in [-0.1, -0.05) is 26.0 Å². The van der Waals surface area contributed by atoms with Crippen LogP contribution in [0.25, 0.3) is 0 Å². The molecule has 0 saturated carbocycles. The molecule has 1 aromatic carbocycles. The molecular weight excluding hydrogens is 255 g/mol.